The maximum absolute atomic E-state index is 4.34. The van der Waals surface area contributed by atoms with Crippen LogP contribution < -0.4 is 0 Å². The zero-order valence-electron chi connectivity index (χ0n) is 21.1. The van der Waals surface area contributed by atoms with Crippen molar-refractivity contribution in [1.82, 2.24) is 4.90 Å². The molecule has 4 unspecified atom stereocenters. The van der Waals surface area contributed by atoms with E-state index in [1.54, 1.807) is 0 Å². The number of likely N-dealkylation sites (N-methyl/N-ethyl adjacent to an activating group) is 1. The van der Waals surface area contributed by atoms with Crippen molar-refractivity contribution < 1.29 is 0 Å². The Morgan fingerprint density at radius 1 is 1.10 bits per heavy atom. The van der Waals surface area contributed by atoms with Crippen LogP contribution in [-0.4, -0.2) is 24.2 Å². The van der Waals surface area contributed by atoms with E-state index < -0.39 is 0 Å². The van der Waals surface area contributed by atoms with Gasteiger partial charge < -0.3 is 4.90 Å². The number of hydrogen-bond donors (Lipinski definition) is 0. The van der Waals surface area contributed by atoms with Crippen LogP contribution in [0.5, 0.6) is 0 Å². The van der Waals surface area contributed by atoms with Crippen molar-refractivity contribution in [1.29, 1.82) is 0 Å². The van der Waals surface area contributed by atoms with Crippen molar-refractivity contribution in [2.75, 3.05) is 13.1 Å². The summed E-state index contributed by atoms with van der Waals surface area (Å²) in [6.45, 7) is 21.8. The third-order valence-corrected chi connectivity index (χ3v) is 6.55. The molecule has 1 aliphatic rings. The van der Waals surface area contributed by atoms with Gasteiger partial charge in [0.25, 0.3) is 0 Å². The molecule has 2 heteroatoms. The lowest BCUT2D eigenvalue weighted by molar-refractivity contribution is 0.290. The van der Waals surface area contributed by atoms with Gasteiger partial charge in [0.15, 0.2) is 0 Å². The van der Waals surface area contributed by atoms with Gasteiger partial charge in [-0.05, 0) is 76.4 Å². The van der Waals surface area contributed by atoms with Gasteiger partial charge in [0, 0.05) is 37.1 Å². The zero-order valence-corrected chi connectivity index (χ0v) is 21.1. The monoisotopic (exact) mass is 422 g/mol. The number of nitrogens with zero attached hydrogens (tertiary/aromatic N) is 2. The molecular weight excluding hydrogens is 376 g/mol. The van der Waals surface area contributed by atoms with Crippen LogP contribution in [0, 0.1) is 23.7 Å². The van der Waals surface area contributed by atoms with Gasteiger partial charge in [0.05, 0.1) is 0 Å². The minimum absolute atomic E-state index is 0.463. The fraction of sp³-hybridized carbons (Fsp3) is 0.552. The molecule has 0 fully saturated rings. The first-order valence-corrected chi connectivity index (χ1v) is 12.1. The van der Waals surface area contributed by atoms with Gasteiger partial charge in [-0.2, -0.15) is 0 Å². The molecule has 31 heavy (non-hydrogen) atoms. The summed E-state index contributed by atoms with van der Waals surface area (Å²) in [5, 5.41) is 0. The second-order valence-corrected chi connectivity index (χ2v) is 9.00. The second kappa shape index (κ2) is 14.8. The van der Waals surface area contributed by atoms with E-state index in [-0.39, 0.29) is 0 Å². The molecule has 0 aromatic carbocycles. The summed E-state index contributed by atoms with van der Waals surface area (Å²) < 4.78 is 0. The predicted octanol–water partition coefficient (Wildman–Crippen LogP) is 8.14. The van der Waals surface area contributed by atoms with Crippen molar-refractivity contribution in [3.05, 3.63) is 72.2 Å². The Hall–Kier alpha value is -2.09. The summed E-state index contributed by atoms with van der Waals surface area (Å²) in [5.41, 5.74) is 3.75. The Morgan fingerprint density at radius 2 is 1.81 bits per heavy atom. The summed E-state index contributed by atoms with van der Waals surface area (Å²) in [4.78, 5) is 6.76. The van der Waals surface area contributed by atoms with Crippen LogP contribution in [0.25, 0.3) is 0 Å². The van der Waals surface area contributed by atoms with E-state index in [1.807, 2.05) is 26.3 Å². The fourth-order valence-electron chi connectivity index (χ4n) is 4.23. The highest BCUT2D eigenvalue weighted by Gasteiger charge is 2.25. The molecule has 2 nitrogen and oxygen atoms in total. The molecule has 0 radical (unpaired) electrons. The fourth-order valence-corrected chi connectivity index (χ4v) is 4.23. The molecular formula is C29H46N2. The molecule has 0 saturated carbocycles. The molecule has 0 bridgehead atoms. The highest BCUT2D eigenvalue weighted by atomic mass is 15.1. The van der Waals surface area contributed by atoms with E-state index in [0.717, 1.165) is 18.8 Å². The van der Waals surface area contributed by atoms with E-state index in [9.17, 15) is 0 Å². The van der Waals surface area contributed by atoms with Crippen LogP contribution in [0.3, 0.4) is 0 Å². The predicted molar refractivity (Wildman–Crippen MR) is 140 cm³/mol. The molecule has 0 aromatic heterocycles. The third-order valence-electron chi connectivity index (χ3n) is 6.55. The Labute approximate surface area is 192 Å². The maximum Gasteiger partial charge on any atom is 0.0322 e. The molecule has 0 saturated heterocycles. The average Bonchev–Trinajstić information content (AvgIpc) is 2.79. The van der Waals surface area contributed by atoms with E-state index in [1.165, 1.54) is 30.4 Å². The number of allylic oxidation sites excluding steroid dienone is 9. The first-order valence-electron chi connectivity index (χ1n) is 12.1. The largest absolute Gasteiger partial charge is 0.372 e. The van der Waals surface area contributed by atoms with Crippen LogP contribution in [0.2, 0.25) is 0 Å². The van der Waals surface area contributed by atoms with Crippen LogP contribution in [0.15, 0.2) is 77.1 Å². The maximum atomic E-state index is 4.34. The lowest BCUT2D eigenvalue weighted by Crippen LogP contribution is -2.25. The summed E-state index contributed by atoms with van der Waals surface area (Å²) in [5.74, 6) is 2.40. The van der Waals surface area contributed by atoms with Gasteiger partial charge in [-0.3, -0.25) is 4.99 Å². The highest BCUT2D eigenvalue weighted by molar-refractivity contribution is 5.54. The van der Waals surface area contributed by atoms with Crippen molar-refractivity contribution in [2.24, 2.45) is 28.7 Å². The van der Waals surface area contributed by atoms with E-state index in [4.69, 9.17) is 0 Å². The van der Waals surface area contributed by atoms with Crippen molar-refractivity contribution in [2.45, 2.75) is 67.7 Å². The van der Waals surface area contributed by atoms with Crippen molar-refractivity contribution in [3.63, 3.8) is 0 Å². The van der Waals surface area contributed by atoms with Gasteiger partial charge in [-0.1, -0.05) is 69.4 Å². The van der Waals surface area contributed by atoms with Gasteiger partial charge in [-0.15, -0.1) is 0 Å². The Kier molecular flexibility index (Phi) is 12.9. The van der Waals surface area contributed by atoms with Crippen LogP contribution in [-0.2, 0) is 0 Å². The number of rotatable bonds is 13. The Bertz CT molecular complexity index is 717. The van der Waals surface area contributed by atoms with Crippen molar-refractivity contribution in [3.8, 4) is 0 Å². The summed E-state index contributed by atoms with van der Waals surface area (Å²) in [6, 6.07) is 0. The van der Waals surface area contributed by atoms with Crippen LogP contribution >= 0.6 is 0 Å². The molecule has 1 aliphatic carbocycles. The number of hydrogen-bond acceptors (Lipinski definition) is 2. The topological polar surface area (TPSA) is 15.6 Å². The molecule has 0 amide bonds. The lowest BCUT2D eigenvalue weighted by atomic mass is 9.74. The molecule has 172 valence electrons. The first-order chi connectivity index (χ1) is 14.8. The van der Waals surface area contributed by atoms with Gasteiger partial charge in [-0.25, -0.2) is 0 Å². The lowest BCUT2D eigenvalue weighted by Gasteiger charge is -2.31. The molecule has 0 heterocycles. The molecule has 0 aromatic rings. The molecule has 0 aliphatic heterocycles. The smallest absolute Gasteiger partial charge is 0.0322 e. The first kappa shape index (κ1) is 26.9. The molecule has 1 rings (SSSR count). The number of aliphatic imine (C=N–C) groups is 1. The highest BCUT2D eigenvalue weighted by Crippen LogP contribution is 2.35. The molecule has 4 atom stereocenters. The Morgan fingerprint density at radius 3 is 2.45 bits per heavy atom. The third kappa shape index (κ3) is 9.29. The standard InChI is InChI=1S/C29H46N2/c1-9-12-15-24(5)27(8)31(11-3)21-20-23(4)18-19-25(6)28-16-13-14-17-29(28)26(7)22-30-10-2/h9-10,12-17,22-23,25,28-29H,8,11,18-21H2,1-7H3/b12-9-,24-15+,26-22+,30-10-. The van der Waals surface area contributed by atoms with E-state index in [0.29, 0.717) is 23.7 Å². The van der Waals surface area contributed by atoms with Gasteiger partial charge >= 0.3 is 0 Å². The van der Waals surface area contributed by atoms with E-state index >= 15 is 0 Å². The minimum Gasteiger partial charge on any atom is -0.372 e. The molecule has 0 N–H and O–H groups in total. The molecule has 0 spiro atoms. The quantitative estimate of drug-likeness (QED) is 0.216. The van der Waals surface area contributed by atoms with Crippen LogP contribution in [0.1, 0.15) is 67.7 Å². The Balaban J connectivity index is 2.58. The zero-order chi connectivity index (χ0) is 23.2. The normalized spacial score (nSPS) is 21.8. The van der Waals surface area contributed by atoms with Crippen molar-refractivity contribution >= 4 is 6.21 Å². The van der Waals surface area contributed by atoms with Gasteiger partial charge in [0.1, 0.15) is 0 Å². The summed E-state index contributed by atoms with van der Waals surface area (Å²) >= 11 is 0. The summed E-state index contributed by atoms with van der Waals surface area (Å²) in [6.07, 6.45) is 23.1. The average molecular weight is 423 g/mol. The van der Waals surface area contributed by atoms with Gasteiger partial charge in [0.2, 0.25) is 0 Å². The summed E-state index contributed by atoms with van der Waals surface area (Å²) in [7, 11) is 0. The SMILES string of the molecule is C=C(/C(C)=C/C=C\C)N(CC)CCC(C)CCC(C)C1C=CC=CC1/C(C)=C/N=C\C. The van der Waals surface area contributed by atoms with E-state index in [2.05, 4.69) is 93.6 Å². The minimum atomic E-state index is 0.463. The second-order valence-electron chi connectivity index (χ2n) is 9.00. The van der Waals surface area contributed by atoms with Crippen LogP contribution in [0.4, 0.5) is 0 Å².